The number of hydrogen-bond donors (Lipinski definition) is 2. The largest absolute Gasteiger partial charge is 0.416 e. The third-order valence-corrected chi connectivity index (χ3v) is 2.28. The number of nitrogens with one attached hydrogen (secondary N) is 2. The molecule has 0 aromatic heterocycles. The smallest absolute Gasteiger partial charge is 0.375 e. The van der Waals surface area contributed by atoms with Gasteiger partial charge in [-0.05, 0) is 25.1 Å². The molecule has 0 bridgehead atoms. The van der Waals surface area contributed by atoms with Gasteiger partial charge in [-0.2, -0.15) is 18.4 Å². The number of alkyl halides is 3. The van der Waals surface area contributed by atoms with E-state index in [2.05, 4.69) is 10.6 Å². The fourth-order valence-corrected chi connectivity index (χ4v) is 1.40. The Morgan fingerprint density at radius 1 is 1.42 bits per heavy atom. The van der Waals surface area contributed by atoms with Gasteiger partial charge in [0, 0.05) is 6.54 Å². The fourth-order valence-electron chi connectivity index (χ4n) is 1.40. The van der Waals surface area contributed by atoms with Crippen molar-refractivity contribution >= 4 is 11.6 Å². The van der Waals surface area contributed by atoms with Crippen molar-refractivity contribution in [1.29, 1.82) is 5.26 Å². The molecule has 1 aromatic carbocycles. The van der Waals surface area contributed by atoms with Crippen LogP contribution in [0, 0.1) is 11.3 Å². The van der Waals surface area contributed by atoms with Gasteiger partial charge >= 0.3 is 6.18 Å². The van der Waals surface area contributed by atoms with Gasteiger partial charge in [-0.25, -0.2) is 0 Å². The number of carbonyl (C=O) groups is 1. The first-order valence-electron chi connectivity index (χ1n) is 5.50. The zero-order chi connectivity index (χ0) is 14.5. The van der Waals surface area contributed by atoms with Crippen LogP contribution < -0.4 is 10.6 Å². The van der Waals surface area contributed by atoms with Gasteiger partial charge in [0.05, 0.1) is 23.4 Å². The Balaban J connectivity index is 2.86. The quantitative estimate of drug-likeness (QED) is 0.881. The molecule has 1 rings (SSSR count). The van der Waals surface area contributed by atoms with E-state index in [0.29, 0.717) is 6.54 Å². The molecule has 1 amide bonds. The molecule has 0 heterocycles. The number of nitriles is 1. The zero-order valence-corrected chi connectivity index (χ0v) is 10.1. The number of hydrogen-bond acceptors (Lipinski definition) is 3. The summed E-state index contributed by atoms with van der Waals surface area (Å²) < 4.78 is 37.4. The van der Waals surface area contributed by atoms with Crippen LogP contribution in [0.2, 0.25) is 0 Å². The predicted octanol–water partition coefficient (Wildman–Crippen LogP) is 2.13. The fraction of sp³-hybridized carbons (Fsp3) is 0.333. The molecule has 0 aliphatic carbocycles. The molecule has 0 unspecified atom stereocenters. The molecule has 102 valence electrons. The SMILES string of the molecule is CCNC(=O)CNc1ccc(C(F)(F)F)cc1C#N. The van der Waals surface area contributed by atoms with Gasteiger partial charge in [0.2, 0.25) is 5.91 Å². The summed E-state index contributed by atoms with van der Waals surface area (Å²) in [5, 5.41) is 14.0. The standard InChI is InChI=1S/C12H12F3N3O/c1-2-17-11(19)7-18-10-4-3-9(12(13,14)15)5-8(10)6-16/h3-5,18H,2,7H2,1H3,(H,17,19). The lowest BCUT2D eigenvalue weighted by Crippen LogP contribution is -2.29. The topological polar surface area (TPSA) is 64.9 Å². The van der Waals surface area contributed by atoms with Crippen LogP contribution in [0.25, 0.3) is 0 Å². The molecule has 0 atom stereocenters. The van der Waals surface area contributed by atoms with Crippen molar-refractivity contribution in [2.75, 3.05) is 18.4 Å². The third kappa shape index (κ3) is 4.17. The van der Waals surface area contributed by atoms with Crippen molar-refractivity contribution in [3.63, 3.8) is 0 Å². The van der Waals surface area contributed by atoms with Crippen LogP contribution in [-0.4, -0.2) is 19.0 Å². The highest BCUT2D eigenvalue weighted by atomic mass is 19.4. The summed E-state index contributed by atoms with van der Waals surface area (Å²) in [6, 6.07) is 4.42. The van der Waals surface area contributed by atoms with E-state index in [9.17, 15) is 18.0 Å². The second-order valence-corrected chi connectivity index (χ2v) is 3.68. The van der Waals surface area contributed by atoms with Crippen molar-refractivity contribution in [1.82, 2.24) is 5.32 Å². The Morgan fingerprint density at radius 2 is 2.11 bits per heavy atom. The van der Waals surface area contributed by atoms with Gasteiger partial charge in [-0.1, -0.05) is 0 Å². The molecular formula is C12H12F3N3O. The molecule has 0 radical (unpaired) electrons. The number of likely N-dealkylation sites (N-methyl/N-ethyl adjacent to an activating group) is 1. The monoisotopic (exact) mass is 271 g/mol. The zero-order valence-electron chi connectivity index (χ0n) is 10.1. The molecule has 19 heavy (non-hydrogen) atoms. The summed E-state index contributed by atoms with van der Waals surface area (Å²) >= 11 is 0. The van der Waals surface area contributed by atoms with E-state index in [1.807, 2.05) is 0 Å². The van der Waals surface area contributed by atoms with Crippen LogP contribution in [0.5, 0.6) is 0 Å². The number of benzene rings is 1. The maximum atomic E-state index is 12.5. The van der Waals surface area contributed by atoms with Gasteiger partial charge in [-0.15, -0.1) is 0 Å². The Labute approximate surface area is 108 Å². The first-order valence-corrected chi connectivity index (χ1v) is 5.50. The van der Waals surface area contributed by atoms with Crippen molar-refractivity contribution in [3.8, 4) is 6.07 Å². The van der Waals surface area contributed by atoms with E-state index in [-0.39, 0.29) is 23.7 Å². The lowest BCUT2D eigenvalue weighted by molar-refractivity contribution is -0.137. The van der Waals surface area contributed by atoms with E-state index in [1.54, 1.807) is 13.0 Å². The molecule has 2 N–H and O–H groups in total. The highest BCUT2D eigenvalue weighted by Gasteiger charge is 2.31. The molecule has 0 saturated carbocycles. The first-order chi connectivity index (χ1) is 8.88. The van der Waals surface area contributed by atoms with Crippen LogP contribution in [0.4, 0.5) is 18.9 Å². The van der Waals surface area contributed by atoms with Gasteiger partial charge < -0.3 is 10.6 Å². The Bertz CT molecular complexity index is 506. The summed E-state index contributed by atoms with van der Waals surface area (Å²) in [5.41, 5.74) is -0.853. The predicted molar refractivity (Wildman–Crippen MR) is 63.3 cm³/mol. The van der Waals surface area contributed by atoms with E-state index in [1.165, 1.54) is 0 Å². The molecule has 0 spiro atoms. The molecule has 0 fully saturated rings. The minimum atomic E-state index is -4.50. The first kappa shape index (κ1) is 14.8. The second kappa shape index (κ2) is 6.09. The van der Waals surface area contributed by atoms with E-state index < -0.39 is 11.7 Å². The normalized spacial score (nSPS) is 10.7. The Kier molecular flexibility index (Phi) is 4.75. The number of amides is 1. The van der Waals surface area contributed by atoms with Gasteiger partial charge in [0.15, 0.2) is 0 Å². The maximum absolute atomic E-state index is 12.5. The van der Waals surface area contributed by atoms with E-state index in [0.717, 1.165) is 18.2 Å². The second-order valence-electron chi connectivity index (χ2n) is 3.68. The van der Waals surface area contributed by atoms with Crippen molar-refractivity contribution in [2.24, 2.45) is 0 Å². The lowest BCUT2D eigenvalue weighted by Gasteiger charge is -2.11. The lowest BCUT2D eigenvalue weighted by atomic mass is 10.1. The van der Waals surface area contributed by atoms with Gasteiger partial charge in [-0.3, -0.25) is 4.79 Å². The molecule has 4 nitrogen and oxygen atoms in total. The number of anilines is 1. The molecular weight excluding hydrogens is 259 g/mol. The minimum Gasteiger partial charge on any atom is -0.375 e. The number of nitrogens with zero attached hydrogens (tertiary/aromatic N) is 1. The Morgan fingerprint density at radius 3 is 2.63 bits per heavy atom. The molecule has 7 heteroatoms. The van der Waals surface area contributed by atoms with Crippen molar-refractivity contribution in [3.05, 3.63) is 29.3 Å². The number of carbonyl (C=O) groups excluding carboxylic acids is 1. The summed E-state index contributed by atoms with van der Waals surface area (Å²) in [6.07, 6.45) is -4.50. The highest BCUT2D eigenvalue weighted by Crippen LogP contribution is 2.31. The average Bonchev–Trinajstić information content (AvgIpc) is 2.35. The summed E-state index contributed by atoms with van der Waals surface area (Å²) in [6.45, 7) is 2.10. The summed E-state index contributed by atoms with van der Waals surface area (Å²) in [7, 11) is 0. The van der Waals surface area contributed by atoms with E-state index in [4.69, 9.17) is 5.26 Å². The van der Waals surface area contributed by atoms with Crippen LogP contribution in [-0.2, 0) is 11.0 Å². The van der Waals surface area contributed by atoms with Gasteiger partial charge in [0.1, 0.15) is 6.07 Å². The highest BCUT2D eigenvalue weighted by molar-refractivity contribution is 5.81. The molecule has 1 aromatic rings. The van der Waals surface area contributed by atoms with Crippen LogP contribution in [0.3, 0.4) is 0 Å². The summed E-state index contributed by atoms with van der Waals surface area (Å²) in [4.78, 5) is 11.2. The number of rotatable bonds is 4. The summed E-state index contributed by atoms with van der Waals surface area (Å²) in [5.74, 6) is -0.300. The van der Waals surface area contributed by atoms with Crippen LogP contribution >= 0.6 is 0 Å². The van der Waals surface area contributed by atoms with Crippen LogP contribution in [0.15, 0.2) is 18.2 Å². The van der Waals surface area contributed by atoms with Crippen molar-refractivity contribution in [2.45, 2.75) is 13.1 Å². The molecule has 0 aliphatic heterocycles. The minimum absolute atomic E-state index is 0.103. The molecule has 0 saturated heterocycles. The Hall–Kier alpha value is -2.23. The molecule has 0 aliphatic rings. The van der Waals surface area contributed by atoms with Crippen molar-refractivity contribution < 1.29 is 18.0 Å². The number of halogens is 3. The third-order valence-electron chi connectivity index (χ3n) is 2.28. The average molecular weight is 271 g/mol. The van der Waals surface area contributed by atoms with Gasteiger partial charge in [0.25, 0.3) is 0 Å². The van der Waals surface area contributed by atoms with E-state index >= 15 is 0 Å². The maximum Gasteiger partial charge on any atom is 0.416 e. The van der Waals surface area contributed by atoms with Crippen LogP contribution in [0.1, 0.15) is 18.1 Å².